The Balaban J connectivity index is 1.57. The molecule has 0 unspecified atom stereocenters. The zero-order valence-corrected chi connectivity index (χ0v) is 12.1. The van der Waals surface area contributed by atoms with Crippen LogP contribution in [0.1, 0.15) is 22.6 Å². The summed E-state index contributed by atoms with van der Waals surface area (Å²) in [5, 5.41) is 2.97. The van der Waals surface area contributed by atoms with Crippen molar-refractivity contribution in [3.05, 3.63) is 48.3 Å². The molecule has 2 aromatic rings. The number of hydrogen-bond donors (Lipinski definition) is 2. The summed E-state index contributed by atoms with van der Waals surface area (Å²) in [5.41, 5.74) is 1.29. The van der Waals surface area contributed by atoms with E-state index in [-0.39, 0.29) is 18.1 Å². The van der Waals surface area contributed by atoms with Crippen LogP contribution >= 0.6 is 0 Å². The van der Waals surface area contributed by atoms with E-state index >= 15 is 0 Å². The Hall–Kier alpha value is -2.25. The molecule has 1 aliphatic rings. The monoisotopic (exact) mass is 302 g/mol. The molecule has 7 heteroatoms. The molecule has 1 amide bonds. The number of carbonyl (C=O) groups excluding carboxylic acids is 1. The number of hydrogen-bond acceptors (Lipinski definition) is 5. The van der Waals surface area contributed by atoms with E-state index in [1.807, 2.05) is 18.2 Å². The first-order chi connectivity index (χ1) is 10.8. The van der Waals surface area contributed by atoms with Crippen molar-refractivity contribution in [3.63, 3.8) is 0 Å². The van der Waals surface area contributed by atoms with Crippen LogP contribution in [0.25, 0.3) is 0 Å². The normalized spacial score (nSPS) is 21.5. The molecule has 2 atom stereocenters. The summed E-state index contributed by atoms with van der Waals surface area (Å²) in [6, 6.07) is 5.59. The van der Waals surface area contributed by atoms with Crippen molar-refractivity contribution in [2.75, 3.05) is 13.2 Å². The number of aromatic nitrogens is 3. The van der Waals surface area contributed by atoms with Gasteiger partial charge in [-0.1, -0.05) is 6.07 Å². The molecule has 3 rings (SSSR count). The zero-order valence-electron chi connectivity index (χ0n) is 12.1. The minimum Gasteiger partial charge on any atom is -0.379 e. The van der Waals surface area contributed by atoms with Gasteiger partial charge in [0.25, 0.3) is 5.91 Å². The van der Waals surface area contributed by atoms with E-state index < -0.39 is 0 Å². The third-order valence-electron chi connectivity index (χ3n) is 3.53. The molecule has 116 valence electrons. The van der Waals surface area contributed by atoms with Gasteiger partial charge in [-0.2, -0.15) is 0 Å². The maximum Gasteiger partial charge on any atom is 0.269 e. The number of amides is 1. The van der Waals surface area contributed by atoms with Crippen molar-refractivity contribution >= 4 is 5.91 Å². The molecule has 0 spiro atoms. The lowest BCUT2D eigenvalue weighted by molar-refractivity contribution is -0.0743. The van der Waals surface area contributed by atoms with Gasteiger partial charge in [-0.05, 0) is 18.6 Å². The molecule has 2 aromatic heterocycles. The van der Waals surface area contributed by atoms with E-state index in [2.05, 4.69) is 20.3 Å². The molecule has 1 aliphatic heterocycles. The summed E-state index contributed by atoms with van der Waals surface area (Å²) < 4.78 is 11.3. The summed E-state index contributed by atoms with van der Waals surface area (Å²) >= 11 is 0. The molecule has 7 nitrogen and oxygen atoms in total. The van der Waals surface area contributed by atoms with E-state index in [0.717, 1.165) is 5.69 Å². The molecule has 0 bridgehead atoms. The van der Waals surface area contributed by atoms with Gasteiger partial charge in [0.2, 0.25) is 0 Å². The summed E-state index contributed by atoms with van der Waals surface area (Å²) in [7, 11) is 0. The lowest BCUT2D eigenvalue weighted by atomic mass is 10.1. The second-order valence-electron chi connectivity index (χ2n) is 5.08. The van der Waals surface area contributed by atoms with Gasteiger partial charge in [-0.3, -0.25) is 9.78 Å². The standard InChI is InChI=1S/C15H18N4O3/c20-15(13-7-16-10-18-13)19-12-4-6-21-9-14(12)22-8-11-3-1-2-5-17-11/h1-3,5,7,10,12,14H,4,6,8-9H2,(H,16,18)(H,19,20)/t12-,14-/m1/s1. The summed E-state index contributed by atoms with van der Waals surface area (Å²) in [6.07, 6.45) is 5.23. The molecular formula is C15H18N4O3. The maximum absolute atomic E-state index is 12.1. The number of pyridine rings is 1. The molecule has 1 fully saturated rings. The predicted molar refractivity (Wildman–Crippen MR) is 78.1 cm³/mol. The first-order valence-corrected chi connectivity index (χ1v) is 7.21. The lowest BCUT2D eigenvalue weighted by Crippen LogP contribution is -2.50. The average molecular weight is 302 g/mol. The van der Waals surface area contributed by atoms with E-state index in [1.54, 1.807) is 6.20 Å². The van der Waals surface area contributed by atoms with Crippen LogP contribution in [-0.2, 0) is 16.1 Å². The molecule has 0 saturated carbocycles. The maximum atomic E-state index is 12.1. The highest BCUT2D eigenvalue weighted by molar-refractivity contribution is 5.92. The third-order valence-corrected chi connectivity index (χ3v) is 3.53. The van der Waals surface area contributed by atoms with Crippen LogP contribution in [0.2, 0.25) is 0 Å². The van der Waals surface area contributed by atoms with E-state index in [1.165, 1.54) is 12.5 Å². The Morgan fingerprint density at radius 2 is 2.45 bits per heavy atom. The molecule has 1 saturated heterocycles. The number of nitrogens with zero attached hydrogens (tertiary/aromatic N) is 2. The number of ether oxygens (including phenoxy) is 2. The van der Waals surface area contributed by atoms with Crippen LogP contribution < -0.4 is 5.32 Å². The Morgan fingerprint density at radius 1 is 1.50 bits per heavy atom. The number of rotatable bonds is 5. The van der Waals surface area contributed by atoms with Crippen molar-refractivity contribution in [3.8, 4) is 0 Å². The topological polar surface area (TPSA) is 89.1 Å². The number of imidazole rings is 1. The average Bonchev–Trinajstić information content (AvgIpc) is 3.10. The Morgan fingerprint density at radius 3 is 3.23 bits per heavy atom. The van der Waals surface area contributed by atoms with Crippen LogP contribution in [0.4, 0.5) is 0 Å². The van der Waals surface area contributed by atoms with Gasteiger partial charge in [-0.15, -0.1) is 0 Å². The van der Waals surface area contributed by atoms with Crippen molar-refractivity contribution in [2.24, 2.45) is 0 Å². The van der Waals surface area contributed by atoms with Gasteiger partial charge >= 0.3 is 0 Å². The summed E-state index contributed by atoms with van der Waals surface area (Å²) in [4.78, 5) is 23.0. The molecule has 22 heavy (non-hydrogen) atoms. The van der Waals surface area contributed by atoms with Gasteiger partial charge in [0.15, 0.2) is 0 Å². The molecule has 0 aliphatic carbocycles. The Labute approximate surface area is 128 Å². The van der Waals surface area contributed by atoms with E-state index in [0.29, 0.717) is 31.9 Å². The van der Waals surface area contributed by atoms with E-state index in [9.17, 15) is 4.79 Å². The molecule has 2 N–H and O–H groups in total. The number of H-pyrrole nitrogens is 1. The smallest absolute Gasteiger partial charge is 0.269 e. The van der Waals surface area contributed by atoms with Crippen molar-refractivity contribution in [2.45, 2.75) is 25.2 Å². The number of carbonyl (C=O) groups is 1. The molecular weight excluding hydrogens is 284 g/mol. The fourth-order valence-corrected chi connectivity index (χ4v) is 2.34. The van der Waals surface area contributed by atoms with Crippen molar-refractivity contribution < 1.29 is 14.3 Å². The number of nitrogens with one attached hydrogen (secondary N) is 2. The van der Waals surface area contributed by atoms with Crippen LogP contribution in [0.3, 0.4) is 0 Å². The van der Waals surface area contributed by atoms with Gasteiger partial charge in [-0.25, -0.2) is 4.98 Å². The SMILES string of the molecule is O=C(N[C@@H]1CCOC[C@H]1OCc1ccccn1)c1cnc[nH]1. The van der Waals surface area contributed by atoms with Gasteiger partial charge < -0.3 is 19.8 Å². The zero-order chi connectivity index (χ0) is 15.2. The van der Waals surface area contributed by atoms with Crippen LogP contribution in [0.15, 0.2) is 36.9 Å². The highest BCUT2D eigenvalue weighted by atomic mass is 16.5. The van der Waals surface area contributed by atoms with E-state index in [4.69, 9.17) is 9.47 Å². The fraction of sp³-hybridized carbons (Fsp3) is 0.400. The lowest BCUT2D eigenvalue weighted by Gasteiger charge is -2.31. The van der Waals surface area contributed by atoms with Crippen LogP contribution in [0, 0.1) is 0 Å². The minimum atomic E-state index is -0.192. The highest BCUT2D eigenvalue weighted by Gasteiger charge is 2.28. The second kappa shape index (κ2) is 7.15. The third kappa shape index (κ3) is 3.69. The fourth-order valence-electron chi connectivity index (χ4n) is 2.34. The molecule has 3 heterocycles. The quantitative estimate of drug-likeness (QED) is 0.857. The van der Waals surface area contributed by atoms with Crippen LogP contribution in [0.5, 0.6) is 0 Å². The molecule has 0 aromatic carbocycles. The minimum absolute atomic E-state index is 0.0896. The van der Waals surface area contributed by atoms with Crippen LogP contribution in [-0.4, -0.2) is 46.2 Å². The largest absolute Gasteiger partial charge is 0.379 e. The highest BCUT2D eigenvalue weighted by Crippen LogP contribution is 2.14. The van der Waals surface area contributed by atoms with Crippen molar-refractivity contribution in [1.29, 1.82) is 0 Å². The Bertz CT molecular complexity index is 588. The second-order valence-corrected chi connectivity index (χ2v) is 5.08. The van der Waals surface area contributed by atoms with Gasteiger partial charge in [0, 0.05) is 12.8 Å². The molecule has 0 radical (unpaired) electrons. The Kier molecular flexibility index (Phi) is 4.77. The van der Waals surface area contributed by atoms with Crippen molar-refractivity contribution in [1.82, 2.24) is 20.3 Å². The predicted octanol–water partition coefficient (Wildman–Crippen LogP) is 0.909. The summed E-state index contributed by atoms with van der Waals surface area (Å²) in [5.74, 6) is -0.184. The first kappa shape index (κ1) is 14.7. The van der Waals surface area contributed by atoms with Gasteiger partial charge in [0.05, 0.1) is 37.5 Å². The summed E-state index contributed by atoms with van der Waals surface area (Å²) in [6.45, 7) is 1.46. The number of aromatic amines is 1. The first-order valence-electron chi connectivity index (χ1n) is 7.21. The van der Waals surface area contributed by atoms with Gasteiger partial charge in [0.1, 0.15) is 11.8 Å².